The average Bonchev–Trinajstić information content (AvgIpc) is 3.14. The van der Waals surface area contributed by atoms with Gasteiger partial charge in [0.05, 0.1) is 25.5 Å². The van der Waals surface area contributed by atoms with Crippen LogP contribution in [-0.4, -0.2) is 58.1 Å². The maximum absolute atomic E-state index is 12.0. The average molecular weight is 333 g/mol. The van der Waals surface area contributed by atoms with Crippen LogP contribution in [0.4, 0.5) is 5.82 Å². The minimum Gasteiger partial charge on any atom is -0.374 e. The van der Waals surface area contributed by atoms with Gasteiger partial charge < -0.3 is 14.6 Å². The molecule has 1 atom stereocenters. The maximum Gasteiger partial charge on any atom is 0.226 e. The van der Waals surface area contributed by atoms with Crippen LogP contribution in [-0.2, 0) is 16.1 Å². The summed E-state index contributed by atoms with van der Waals surface area (Å²) in [6.07, 6.45) is 4.37. The van der Waals surface area contributed by atoms with Gasteiger partial charge in [0.1, 0.15) is 5.76 Å². The number of carbonyl (C=O) groups excluding carboxylic acids is 1. The van der Waals surface area contributed by atoms with E-state index in [4.69, 9.17) is 9.26 Å². The van der Waals surface area contributed by atoms with Crippen molar-refractivity contribution in [2.75, 3.05) is 31.6 Å². The summed E-state index contributed by atoms with van der Waals surface area (Å²) in [6.45, 7) is 7.55. The van der Waals surface area contributed by atoms with Crippen molar-refractivity contribution in [3.05, 3.63) is 29.8 Å². The van der Waals surface area contributed by atoms with E-state index in [0.717, 1.165) is 25.2 Å². The smallest absolute Gasteiger partial charge is 0.226 e. The number of hydrogen-bond acceptors (Lipinski definition) is 6. The highest BCUT2D eigenvalue weighted by molar-refractivity contribution is 5.89. The Labute approximate surface area is 140 Å². The molecule has 2 aromatic heterocycles. The highest BCUT2D eigenvalue weighted by atomic mass is 16.5. The normalized spacial score (nSPS) is 18.7. The summed E-state index contributed by atoms with van der Waals surface area (Å²) >= 11 is 0. The molecular weight excluding hydrogens is 310 g/mol. The van der Waals surface area contributed by atoms with Crippen LogP contribution in [0.3, 0.4) is 0 Å². The molecule has 1 N–H and O–H groups in total. The van der Waals surface area contributed by atoms with E-state index in [2.05, 4.69) is 20.5 Å². The van der Waals surface area contributed by atoms with Crippen LogP contribution in [0.1, 0.15) is 17.7 Å². The maximum atomic E-state index is 12.0. The SMILES string of the molecule is Cc1cnn(C[C@H]2CN(CCC(=O)Nc3cc(C)on3)CCO2)c1. The van der Waals surface area contributed by atoms with E-state index in [1.54, 1.807) is 13.0 Å². The third-order valence-corrected chi connectivity index (χ3v) is 3.93. The van der Waals surface area contributed by atoms with Crippen molar-refractivity contribution in [3.8, 4) is 0 Å². The van der Waals surface area contributed by atoms with E-state index in [0.29, 0.717) is 31.2 Å². The highest BCUT2D eigenvalue weighted by Crippen LogP contribution is 2.10. The number of aryl methyl sites for hydroxylation is 2. The van der Waals surface area contributed by atoms with Gasteiger partial charge in [-0.05, 0) is 19.4 Å². The molecule has 0 aromatic carbocycles. The van der Waals surface area contributed by atoms with E-state index < -0.39 is 0 Å². The summed E-state index contributed by atoms with van der Waals surface area (Å²) < 4.78 is 12.6. The number of rotatable bonds is 6. The Hall–Kier alpha value is -2.19. The molecule has 2 aromatic rings. The minimum absolute atomic E-state index is 0.0611. The number of morpholine rings is 1. The van der Waals surface area contributed by atoms with Gasteiger partial charge in [-0.2, -0.15) is 5.10 Å². The lowest BCUT2D eigenvalue weighted by atomic mass is 10.2. The standard InChI is InChI=1S/C16H23N5O3/c1-12-8-17-21(9-12)11-14-10-20(5-6-23-14)4-3-16(22)18-15-7-13(2)24-19-15/h7-9,14H,3-6,10-11H2,1-2H3,(H,18,19,22)/t14-/m1/s1. The number of nitrogens with one attached hydrogen (secondary N) is 1. The predicted octanol–water partition coefficient (Wildman–Crippen LogP) is 1.22. The quantitative estimate of drug-likeness (QED) is 0.855. The third-order valence-electron chi connectivity index (χ3n) is 3.93. The van der Waals surface area contributed by atoms with Crippen LogP contribution >= 0.6 is 0 Å². The largest absolute Gasteiger partial charge is 0.374 e. The van der Waals surface area contributed by atoms with Crippen molar-refractivity contribution in [2.24, 2.45) is 0 Å². The number of anilines is 1. The molecule has 1 aliphatic rings. The Morgan fingerprint density at radius 3 is 3.04 bits per heavy atom. The first kappa shape index (κ1) is 16.7. The van der Waals surface area contributed by atoms with Gasteiger partial charge in [0.2, 0.25) is 5.91 Å². The Morgan fingerprint density at radius 2 is 2.33 bits per heavy atom. The third kappa shape index (κ3) is 4.65. The first-order valence-corrected chi connectivity index (χ1v) is 8.14. The summed E-state index contributed by atoms with van der Waals surface area (Å²) in [7, 11) is 0. The van der Waals surface area contributed by atoms with Crippen LogP contribution in [0.5, 0.6) is 0 Å². The predicted molar refractivity (Wildman–Crippen MR) is 87.6 cm³/mol. The molecule has 1 fully saturated rings. The van der Waals surface area contributed by atoms with Crippen molar-refractivity contribution in [1.29, 1.82) is 0 Å². The highest BCUT2D eigenvalue weighted by Gasteiger charge is 2.21. The van der Waals surface area contributed by atoms with Crippen molar-refractivity contribution < 1.29 is 14.1 Å². The molecule has 1 saturated heterocycles. The number of nitrogens with zero attached hydrogens (tertiary/aromatic N) is 4. The van der Waals surface area contributed by atoms with Crippen molar-refractivity contribution >= 4 is 11.7 Å². The van der Waals surface area contributed by atoms with E-state index in [-0.39, 0.29) is 12.0 Å². The van der Waals surface area contributed by atoms with E-state index >= 15 is 0 Å². The number of aromatic nitrogens is 3. The molecule has 0 bridgehead atoms. The second-order valence-corrected chi connectivity index (χ2v) is 6.15. The summed E-state index contributed by atoms with van der Waals surface area (Å²) in [5, 5.41) is 10.8. The van der Waals surface area contributed by atoms with Crippen LogP contribution in [0.15, 0.2) is 23.0 Å². The lowest BCUT2D eigenvalue weighted by molar-refractivity contribution is -0.117. The Balaban J connectivity index is 1.42. The van der Waals surface area contributed by atoms with Crippen LogP contribution < -0.4 is 5.32 Å². The molecule has 0 aliphatic carbocycles. The van der Waals surface area contributed by atoms with Gasteiger partial charge in [0.25, 0.3) is 0 Å². The molecule has 0 saturated carbocycles. The van der Waals surface area contributed by atoms with Gasteiger partial charge in [-0.15, -0.1) is 0 Å². The second kappa shape index (κ2) is 7.59. The lowest BCUT2D eigenvalue weighted by Crippen LogP contribution is -2.45. The van der Waals surface area contributed by atoms with Crippen molar-refractivity contribution in [2.45, 2.75) is 32.9 Å². The monoisotopic (exact) mass is 333 g/mol. The van der Waals surface area contributed by atoms with Crippen LogP contribution in [0.2, 0.25) is 0 Å². The molecular formula is C16H23N5O3. The number of carbonyl (C=O) groups is 1. The number of hydrogen-bond donors (Lipinski definition) is 1. The molecule has 8 heteroatoms. The van der Waals surface area contributed by atoms with Gasteiger partial charge in [0.15, 0.2) is 5.82 Å². The molecule has 3 heterocycles. The lowest BCUT2D eigenvalue weighted by Gasteiger charge is -2.32. The molecule has 1 aliphatic heterocycles. The van der Waals surface area contributed by atoms with Crippen molar-refractivity contribution in [3.63, 3.8) is 0 Å². The van der Waals surface area contributed by atoms with Crippen molar-refractivity contribution in [1.82, 2.24) is 19.8 Å². The van der Waals surface area contributed by atoms with Gasteiger partial charge >= 0.3 is 0 Å². The molecule has 8 nitrogen and oxygen atoms in total. The minimum atomic E-state index is -0.0611. The fourth-order valence-corrected chi connectivity index (χ4v) is 2.76. The second-order valence-electron chi connectivity index (χ2n) is 6.15. The van der Waals surface area contributed by atoms with E-state index in [1.165, 1.54) is 0 Å². The Morgan fingerprint density at radius 1 is 1.46 bits per heavy atom. The molecule has 24 heavy (non-hydrogen) atoms. The number of ether oxygens (including phenoxy) is 1. The van der Waals surface area contributed by atoms with Gasteiger partial charge in [-0.25, -0.2) is 0 Å². The molecule has 0 radical (unpaired) electrons. The van der Waals surface area contributed by atoms with Gasteiger partial charge in [0, 0.05) is 38.3 Å². The zero-order valence-corrected chi connectivity index (χ0v) is 14.1. The molecule has 3 rings (SSSR count). The first-order valence-electron chi connectivity index (χ1n) is 8.14. The first-order chi connectivity index (χ1) is 11.6. The Bertz CT molecular complexity index is 681. The summed E-state index contributed by atoms with van der Waals surface area (Å²) in [4.78, 5) is 14.2. The fraction of sp³-hybridized carbons (Fsp3) is 0.562. The number of amides is 1. The molecule has 130 valence electrons. The fourth-order valence-electron chi connectivity index (χ4n) is 2.76. The summed E-state index contributed by atoms with van der Waals surface area (Å²) in [6, 6.07) is 1.70. The molecule has 1 amide bonds. The molecule has 0 unspecified atom stereocenters. The van der Waals surface area contributed by atoms with Gasteiger partial charge in [-0.3, -0.25) is 14.4 Å². The van der Waals surface area contributed by atoms with Crippen LogP contribution in [0, 0.1) is 13.8 Å². The molecule has 0 spiro atoms. The zero-order valence-electron chi connectivity index (χ0n) is 14.1. The topological polar surface area (TPSA) is 85.4 Å². The van der Waals surface area contributed by atoms with E-state index in [9.17, 15) is 4.79 Å². The summed E-state index contributed by atoms with van der Waals surface area (Å²) in [5.41, 5.74) is 1.14. The Kier molecular flexibility index (Phi) is 5.27. The van der Waals surface area contributed by atoms with Gasteiger partial charge in [-0.1, -0.05) is 5.16 Å². The van der Waals surface area contributed by atoms with Crippen LogP contribution in [0.25, 0.3) is 0 Å². The zero-order chi connectivity index (χ0) is 16.9. The summed E-state index contributed by atoms with van der Waals surface area (Å²) in [5.74, 6) is 1.08. The van der Waals surface area contributed by atoms with E-state index in [1.807, 2.05) is 24.0 Å².